The van der Waals surface area contributed by atoms with E-state index in [-0.39, 0.29) is 12.1 Å². The maximum absolute atomic E-state index is 10.9. The summed E-state index contributed by atoms with van der Waals surface area (Å²) in [6, 6.07) is 0. The minimum Gasteiger partial charge on any atom is -0.462 e. The van der Waals surface area contributed by atoms with Crippen LogP contribution in [0.3, 0.4) is 0 Å². The van der Waals surface area contributed by atoms with E-state index in [0.29, 0.717) is 0 Å². The largest absolute Gasteiger partial charge is 0.462 e. The van der Waals surface area contributed by atoms with Gasteiger partial charge < -0.3 is 4.74 Å². The summed E-state index contributed by atoms with van der Waals surface area (Å²) in [5.74, 6) is 3.41. The fourth-order valence-corrected chi connectivity index (χ4v) is 4.35. The third-order valence-electron chi connectivity index (χ3n) is 4.69. The lowest BCUT2D eigenvalue weighted by Gasteiger charge is -2.30. The van der Waals surface area contributed by atoms with Gasteiger partial charge in [-0.2, -0.15) is 0 Å². The average molecular weight is 194 g/mol. The molecule has 0 spiro atoms. The van der Waals surface area contributed by atoms with Crippen LogP contribution in [0.4, 0.5) is 0 Å². The SMILES string of the molecule is CC(=O)OC1C[C@H]2C[C@@H]1C1CCCC12. The molecular formula is C12H18O2. The molecule has 0 aromatic rings. The van der Waals surface area contributed by atoms with E-state index in [1.165, 1.54) is 32.6 Å². The van der Waals surface area contributed by atoms with Crippen molar-refractivity contribution in [2.24, 2.45) is 23.7 Å². The number of rotatable bonds is 1. The molecule has 3 aliphatic rings. The van der Waals surface area contributed by atoms with Crippen LogP contribution in [0.2, 0.25) is 0 Å². The Morgan fingerprint density at radius 1 is 1.14 bits per heavy atom. The molecule has 0 saturated heterocycles. The average Bonchev–Trinajstić information content (AvgIpc) is 2.68. The minimum absolute atomic E-state index is 0.0860. The molecular weight excluding hydrogens is 176 g/mol. The smallest absolute Gasteiger partial charge is 0.302 e. The second kappa shape index (κ2) is 2.98. The molecule has 3 rings (SSSR count). The van der Waals surface area contributed by atoms with Crippen LogP contribution < -0.4 is 0 Å². The number of carbonyl (C=O) groups excluding carboxylic acids is 1. The highest BCUT2D eigenvalue weighted by Gasteiger charge is 2.54. The van der Waals surface area contributed by atoms with Crippen molar-refractivity contribution in [3.8, 4) is 0 Å². The Morgan fingerprint density at radius 2 is 1.93 bits per heavy atom. The Morgan fingerprint density at radius 3 is 2.71 bits per heavy atom. The third kappa shape index (κ3) is 1.12. The number of ether oxygens (including phenoxy) is 1. The summed E-state index contributed by atoms with van der Waals surface area (Å²) < 4.78 is 5.41. The van der Waals surface area contributed by atoms with Crippen molar-refractivity contribution in [1.29, 1.82) is 0 Å². The van der Waals surface area contributed by atoms with Gasteiger partial charge in [0.25, 0.3) is 0 Å². The third-order valence-corrected chi connectivity index (χ3v) is 4.69. The van der Waals surface area contributed by atoms with Crippen molar-refractivity contribution in [2.45, 2.75) is 45.1 Å². The summed E-state index contributed by atoms with van der Waals surface area (Å²) in [5.41, 5.74) is 0. The highest BCUT2D eigenvalue weighted by molar-refractivity contribution is 5.66. The second-order valence-corrected chi connectivity index (χ2v) is 5.30. The molecule has 3 unspecified atom stereocenters. The summed E-state index contributed by atoms with van der Waals surface area (Å²) in [4.78, 5) is 10.9. The van der Waals surface area contributed by atoms with Gasteiger partial charge in [-0.1, -0.05) is 6.42 Å². The molecule has 0 radical (unpaired) electrons. The molecule has 0 amide bonds. The molecule has 0 aromatic carbocycles. The topological polar surface area (TPSA) is 26.3 Å². The van der Waals surface area contributed by atoms with Crippen molar-refractivity contribution >= 4 is 5.97 Å². The van der Waals surface area contributed by atoms with Gasteiger partial charge in [0.1, 0.15) is 6.10 Å². The molecule has 2 heteroatoms. The van der Waals surface area contributed by atoms with Crippen LogP contribution in [-0.2, 0) is 9.53 Å². The van der Waals surface area contributed by atoms with Crippen LogP contribution in [-0.4, -0.2) is 12.1 Å². The maximum Gasteiger partial charge on any atom is 0.302 e. The van der Waals surface area contributed by atoms with Crippen molar-refractivity contribution < 1.29 is 9.53 Å². The van der Waals surface area contributed by atoms with E-state index in [1.54, 1.807) is 0 Å². The van der Waals surface area contributed by atoms with E-state index in [4.69, 9.17) is 4.74 Å². The Kier molecular flexibility index (Phi) is 1.86. The van der Waals surface area contributed by atoms with Crippen LogP contribution in [0.25, 0.3) is 0 Å². The molecule has 0 aromatic heterocycles. The molecule has 0 aliphatic heterocycles. The molecule has 2 nitrogen and oxygen atoms in total. The van der Waals surface area contributed by atoms with Crippen LogP contribution in [0, 0.1) is 23.7 Å². The Hall–Kier alpha value is -0.530. The molecule has 2 bridgehead atoms. The first-order valence-electron chi connectivity index (χ1n) is 5.93. The molecule has 0 heterocycles. The molecule has 0 N–H and O–H groups in total. The summed E-state index contributed by atoms with van der Waals surface area (Å²) in [5, 5.41) is 0. The van der Waals surface area contributed by atoms with Crippen molar-refractivity contribution in [1.82, 2.24) is 0 Å². The number of esters is 1. The van der Waals surface area contributed by atoms with Crippen molar-refractivity contribution in [3.05, 3.63) is 0 Å². The quantitative estimate of drug-likeness (QED) is 0.599. The van der Waals surface area contributed by atoms with E-state index in [0.717, 1.165) is 30.1 Å². The minimum atomic E-state index is -0.0860. The van der Waals surface area contributed by atoms with Gasteiger partial charge in [-0.25, -0.2) is 0 Å². The van der Waals surface area contributed by atoms with E-state index in [9.17, 15) is 4.79 Å². The van der Waals surface area contributed by atoms with Crippen molar-refractivity contribution in [2.75, 3.05) is 0 Å². The molecule has 5 atom stereocenters. The summed E-state index contributed by atoms with van der Waals surface area (Å²) in [7, 11) is 0. The van der Waals surface area contributed by atoms with E-state index < -0.39 is 0 Å². The highest BCUT2D eigenvalue weighted by Crippen LogP contribution is 2.59. The van der Waals surface area contributed by atoms with Gasteiger partial charge in [0.2, 0.25) is 0 Å². The lowest BCUT2D eigenvalue weighted by Crippen LogP contribution is -2.31. The van der Waals surface area contributed by atoms with Gasteiger partial charge in [-0.3, -0.25) is 4.79 Å². The van der Waals surface area contributed by atoms with Gasteiger partial charge in [0.05, 0.1) is 0 Å². The molecule has 3 saturated carbocycles. The zero-order valence-electron chi connectivity index (χ0n) is 8.74. The number of hydrogen-bond acceptors (Lipinski definition) is 2. The van der Waals surface area contributed by atoms with E-state index >= 15 is 0 Å². The highest BCUT2D eigenvalue weighted by atomic mass is 16.5. The Bertz CT molecular complexity index is 261. The van der Waals surface area contributed by atoms with Crippen LogP contribution in [0.15, 0.2) is 0 Å². The molecule has 78 valence electrons. The fourth-order valence-electron chi connectivity index (χ4n) is 4.35. The van der Waals surface area contributed by atoms with E-state index in [1.807, 2.05) is 0 Å². The fraction of sp³-hybridized carbons (Fsp3) is 0.917. The first-order valence-corrected chi connectivity index (χ1v) is 5.93. The number of hydrogen-bond donors (Lipinski definition) is 0. The zero-order chi connectivity index (χ0) is 9.71. The predicted molar refractivity (Wildman–Crippen MR) is 52.6 cm³/mol. The summed E-state index contributed by atoms with van der Waals surface area (Å²) in [6.07, 6.45) is 7.02. The van der Waals surface area contributed by atoms with Gasteiger partial charge in [0, 0.05) is 6.92 Å². The lowest BCUT2D eigenvalue weighted by molar-refractivity contribution is -0.150. The predicted octanol–water partition coefficient (Wildman–Crippen LogP) is 2.37. The van der Waals surface area contributed by atoms with Gasteiger partial charge in [-0.05, 0) is 49.4 Å². The lowest BCUT2D eigenvalue weighted by atomic mass is 9.80. The molecule has 3 aliphatic carbocycles. The van der Waals surface area contributed by atoms with Crippen LogP contribution >= 0.6 is 0 Å². The number of fused-ring (bicyclic) bond motifs is 5. The van der Waals surface area contributed by atoms with Gasteiger partial charge in [0.15, 0.2) is 0 Å². The zero-order valence-corrected chi connectivity index (χ0v) is 8.74. The Labute approximate surface area is 85.0 Å². The van der Waals surface area contributed by atoms with Crippen LogP contribution in [0.1, 0.15) is 39.0 Å². The molecule has 3 fully saturated rings. The standard InChI is InChI=1S/C12H18O2/c1-7(13)14-12-6-8-5-11(12)10-4-2-3-9(8)10/h8-12H,2-6H2,1H3/t8-,9?,10?,11-,12?/m1/s1. The van der Waals surface area contributed by atoms with Gasteiger partial charge >= 0.3 is 5.97 Å². The number of carbonyl (C=O) groups is 1. The normalized spacial score (nSPS) is 49.4. The molecule has 14 heavy (non-hydrogen) atoms. The monoisotopic (exact) mass is 194 g/mol. The van der Waals surface area contributed by atoms with Crippen molar-refractivity contribution in [3.63, 3.8) is 0 Å². The van der Waals surface area contributed by atoms with Crippen LogP contribution in [0.5, 0.6) is 0 Å². The second-order valence-electron chi connectivity index (χ2n) is 5.30. The maximum atomic E-state index is 10.9. The Balaban J connectivity index is 1.73. The van der Waals surface area contributed by atoms with Gasteiger partial charge in [-0.15, -0.1) is 0 Å². The first-order chi connectivity index (χ1) is 6.75. The first kappa shape index (κ1) is 8.75. The summed E-state index contributed by atoms with van der Waals surface area (Å²) in [6.45, 7) is 1.54. The van der Waals surface area contributed by atoms with E-state index in [2.05, 4.69) is 0 Å². The summed E-state index contributed by atoms with van der Waals surface area (Å²) >= 11 is 0.